The highest BCUT2D eigenvalue weighted by molar-refractivity contribution is 5.85. The SMILES string of the molecule is COc1cccc2c1CCC[C@H]2CNCCc1ccc2ccoc2c1.Cl. The summed E-state index contributed by atoms with van der Waals surface area (Å²) >= 11 is 0. The lowest BCUT2D eigenvalue weighted by Gasteiger charge is -2.27. The first-order valence-electron chi connectivity index (χ1n) is 9.18. The van der Waals surface area contributed by atoms with E-state index < -0.39 is 0 Å². The summed E-state index contributed by atoms with van der Waals surface area (Å²) in [5, 5.41) is 4.82. The van der Waals surface area contributed by atoms with Crippen LogP contribution in [0.4, 0.5) is 0 Å². The maximum Gasteiger partial charge on any atom is 0.134 e. The van der Waals surface area contributed by atoms with Crippen molar-refractivity contribution in [1.82, 2.24) is 5.32 Å². The summed E-state index contributed by atoms with van der Waals surface area (Å²) in [7, 11) is 1.77. The summed E-state index contributed by atoms with van der Waals surface area (Å²) in [6.07, 6.45) is 6.41. The van der Waals surface area contributed by atoms with Gasteiger partial charge in [0.15, 0.2) is 0 Å². The Bertz CT molecular complexity index is 858. The Kier molecular flexibility index (Phi) is 6.23. The molecule has 26 heavy (non-hydrogen) atoms. The van der Waals surface area contributed by atoms with E-state index in [9.17, 15) is 0 Å². The quantitative estimate of drug-likeness (QED) is 0.611. The van der Waals surface area contributed by atoms with Gasteiger partial charge in [-0.25, -0.2) is 0 Å². The average Bonchev–Trinajstić information content (AvgIpc) is 3.12. The van der Waals surface area contributed by atoms with Crippen molar-refractivity contribution < 1.29 is 9.15 Å². The van der Waals surface area contributed by atoms with Crippen LogP contribution in [-0.4, -0.2) is 20.2 Å². The monoisotopic (exact) mass is 371 g/mol. The van der Waals surface area contributed by atoms with Gasteiger partial charge < -0.3 is 14.5 Å². The van der Waals surface area contributed by atoms with Crippen LogP contribution in [0.5, 0.6) is 5.75 Å². The molecule has 0 fully saturated rings. The number of fused-ring (bicyclic) bond motifs is 2. The molecule has 0 spiro atoms. The van der Waals surface area contributed by atoms with Crippen molar-refractivity contribution in [3.63, 3.8) is 0 Å². The highest BCUT2D eigenvalue weighted by Crippen LogP contribution is 2.36. The van der Waals surface area contributed by atoms with E-state index in [0.29, 0.717) is 5.92 Å². The fourth-order valence-corrected chi connectivity index (χ4v) is 3.98. The molecule has 138 valence electrons. The van der Waals surface area contributed by atoms with Gasteiger partial charge in [0.25, 0.3) is 0 Å². The van der Waals surface area contributed by atoms with Gasteiger partial charge in [0.2, 0.25) is 0 Å². The van der Waals surface area contributed by atoms with Gasteiger partial charge in [-0.1, -0.05) is 24.3 Å². The fourth-order valence-electron chi connectivity index (χ4n) is 3.98. The minimum absolute atomic E-state index is 0. The second-order valence-corrected chi connectivity index (χ2v) is 6.86. The molecule has 0 saturated heterocycles. The van der Waals surface area contributed by atoms with Crippen molar-refractivity contribution in [1.29, 1.82) is 0 Å². The molecule has 1 atom stereocenters. The Balaban J connectivity index is 0.00000196. The molecule has 1 aliphatic rings. The number of hydrogen-bond acceptors (Lipinski definition) is 3. The Hall–Kier alpha value is -1.97. The van der Waals surface area contributed by atoms with Crippen molar-refractivity contribution in [2.24, 2.45) is 0 Å². The molecule has 4 rings (SSSR count). The lowest BCUT2D eigenvalue weighted by Crippen LogP contribution is -2.26. The molecule has 4 heteroatoms. The standard InChI is InChI=1S/C22H25NO2.ClH/c1-24-21-7-3-5-19-18(4-2-6-20(19)21)15-23-12-10-16-8-9-17-11-13-25-22(17)14-16;/h3,5,7-9,11,13-14,18,23H,2,4,6,10,12,15H2,1H3;1H/t18-;/m0./s1. The van der Waals surface area contributed by atoms with E-state index in [0.717, 1.165) is 37.3 Å². The number of methoxy groups -OCH3 is 1. The Morgan fingerprint density at radius 3 is 3.00 bits per heavy atom. The van der Waals surface area contributed by atoms with Gasteiger partial charge in [0.05, 0.1) is 13.4 Å². The van der Waals surface area contributed by atoms with E-state index in [2.05, 4.69) is 41.7 Å². The third-order valence-corrected chi connectivity index (χ3v) is 5.31. The molecule has 0 aliphatic heterocycles. The third kappa shape index (κ3) is 3.89. The number of rotatable bonds is 6. The zero-order valence-corrected chi connectivity index (χ0v) is 16.0. The molecular formula is C22H26ClNO2. The van der Waals surface area contributed by atoms with Gasteiger partial charge in [-0.15, -0.1) is 12.4 Å². The van der Waals surface area contributed by atoms with Gasteiger partial charge in [0, 0.05) is 11.9 Å². The maximum atomic E-state index is 5.54. The highest BCUT2D eigenvalue weighted by Gasteiger charge is 2.22. The van der Waals surface area contributed by atoms with Gasteiger partial charge in [0.1, 0.15) is 11.3 Å². The van der Waals surface area contributed by atoms with Crippen LogP contribution >= 0.6 is 12.4 Å². The molecule has 0 amide bonds. The van der Waals surface area contributed by atoms with Gasteiger partial charge in [-0.2, -0.15) is 0 Å². The Labute approximate surface area is 161 Å². The second-order valence-electron chi connectivity index (χ2n) is 6.86. The molecule has 1 aromatic heterocycles. The lowest BCUT2D eigenvalue weighted by molar-refractivity contribution is 0.401. The Morgan fingerprint density at radius 1 is 1.19 bits per heavy atom. The van der Waals surface area contributed by atoms with Gasteiger partial charge in [-0.3, -0.25) is 0 Å². The zero-order chi connectivity index (χ0) is 17.1. The van der Waals surface area contributed by atoms with Crippen LogP contribution in [0.1, 0.15) is 35.4 Å². The number of nitrogens with one attached hydrogen (secondary N) is 1. The molecular weight excluding hydrogens is 346 g/mol. The number of ether oxygens (including phenoxy) is 1. The van der Waals surface area contributed by atoms with Crippen molar-refractivity contribution in [3.05, 3.63) is 65.4 Å². The van der Waals surface area contributed by atoms with E-state index in [1.807, 2.05) is 6.07 Å². The van der Waals surface area contributed by atoms with Crippen LogP contribution in [0.15, 0.2) is 53.1 Å². The van der Waals surface area contributed by atoms with Crippen LogP contribution in [-0.2, 0) is 12.8 Å². The van der Waals surface area contributed by atoms with Crippen molar-refractivity contribution in [3.8, 4) is 5.75 Å². The molecule has 0 unspecified atom stereocenters. The predicted octanol–water partition coefficient (Wildman–Crippen LogP) is 5.12. The van der Waals surface area contributed by atoms with Crippen LogP contribution in [0.25, 0.3) is 11.0 Å². The smallest absolute Gasteiger partial charge is 0.134 e. The van der Waals surface area contributed by atoms with Crippen LogP contribution < -0.4 is 10.1 Å². The molecule has 3 nitrogen and oxygen atoms in total. The molecule has 0 bridgehead atoms. The summed E-state index contributed by atoms with van der Waals surface area (Å²) < 4.78 is 11.0. The van der Waals surface area contributed by atoms with Crippen molar-refractivity contribution >= 4 is 23.4 Å². The maximum absolute atomic E-state index is 5.54. The highest BCUT2D eigenvalue weighted by atomic mass is 35.5. The fraction of sp³-hybridized carbons (Fsp3) is 0.364. The molecule has 1 aliphatic carbocycles. The number of furan rings is 1. The van der Waals surface area contributed by atoms with Gasteiger partial charge in [-0.05, 0) is 73.0 Å². The molecule has 0 radical (unpaired) electrons. The number of benzene rings is 2. The topological polar surface area (TPSA) is 34.4 Å². The molecule has 2 aromatic carbocycles. The molecule has 1 heterocycles. The average molecular weight is 372 g/mol. The summed E-state index contributed by atoms with van der Waals surface area (Å²) in [6, 6.07) is 15.0. The van der Waals surface area contributed by atoms with Crippen LogP contribution in [0, 0.1) is 0 Å². The number of hydrogen-bond donors (Lipinski definition) is 1. The van der Waals surface area contributed by atoms with E-state index >= 15 is 0 Å². The van der Waals surface area contributed by atoms with Crippen molar-refractivity contribution in [2.45, 2.75) is 31.6 Å². The second kappa shape index (κ2) is 8.61. The van der Waals surface area contributed by atoms with Crippen molar-refractivity contribution in [2.75, 3.05) is 20.2 Å². The lowest BCUT2D eigenvalue weighted by atomic mass is 9.82. The summed E-state index contributed by atoms with van der Waals surface area (Å²) in [5.74, 6) is 1.64. The normalized spacial score (nSPS) is 16.1. The molecule has 0 saturated carbocycles. The zero-order valence-electron chi connectivity index (χ0n) is 15.2. The van der Waals surface area contributed by atoms with E-state index in [1.165, 1.54) is 34.9 Å². The minimum atomic E-state index is 0. The largest absolute Gasteiger partial charge is 0.496 e. The summed E-state index contributed by atoms with van der Waals surface area (Å²) in [5.41, 5.74) is 5.17. The van der Waals surface area contributed by atoms with E-state index in [-0.39, 0.29) is 12.4 Å². The van der Waals surface area contributed by atoms with E-state index in [4.69, 9.17) is 9.15 Å². The molecule has 3 aromatic rings. The van der Waals surface area contributed by atoms with Crippen LogP contribution in [0.2, 0.25) is 0 Å². The third-order valence-electron chi connectivity index (χ3n) is 5.31. The first kappa shape index (κ1) is 18.8. The Morgan fingerprint density at radius 2 is 2.12 bits per heavy atom. The first-order valence-corrected chi connectivity index (χ1v) is 9.18. The van der Waals surface area contributed by atoms with Crippen LogP contribution in [0.3, 0.4) is 0 Å². The number of halogens is 1. The predicted molar refractivity (Wildman–Crippen MR) is 109 cm³/mol. The minimum Gasteiger partial charge on any atom is -0.496 e. The summed E-state index contributed by atoms with van der Waals surface area (Å²) in [6.45, 7) is 2.02. The van der Waals surface area contributed by atoms with Gasteiger partial charge >= 0.3 is 0 Å². The first-order chi connectivity index (χ1) is 12.3. The van der Waals surface area contributed by atoms with E-state index in [1.54, 1.807) is 13.4 Å². The molecule has 1 N–H and O–H groups in total. The summed E-state index contributed by atoms with van der Waals surface area (Å²) in [4.78, 5) is 0.